The maximum Gasteiger partial charge on any atom is 0.317 e. The molecule has 2 aromatic heterocycles. The number of piperazine rings is 1. The van der Waals surface area contributed by atoms with E-state index in [1.165, 1.54) is 23.5 Å². The fraction of sp³-hybridized carbons (Fsp3) is 0.522. The molecular weight excluding hydrogens is 441 g/mol. The summed E-state index contributed by atoms with van der Waals surface area (Å²) in [5.74, 6) is 0.446. The number of hydrogen-bond acceptors (Lipinski definition) is 6. The van der Waals surface area contributed by atoms with Gasteiger partial charge in [0.05, 0.1) is 0 Å². The van der Waals surface area contributed by atoms with Crippen LogP contribution in [-0.4, -0.2) is 62.8 Å². The number of nitrogens with one attached hydrogen (secondary N) is 2. The highest BCUT2D eigenvalue weighted by Gasteiger charge is 2.27. The first-order valence-electron chi connectivity index (χ1n) is 11.2. The van der Waals surface area contributed by atoms with E-state index in [1.54, 1.807) is 6.07 Å². The van der Waals surface area contributed by atoms with E-state index < -0.39 is 0 Å². The first-order valence-corrected chi connectivity index (χ1v) is 12.0. The number of amides is 2. The molecule has 0 aliphatic carbocycles. The molecule has 8 nitrogen and oxygen atoms in total. The van der Waals surface area contributed by atoms with Crippen LogP contribution in [0.25, 0.3) is 16.2 Å². The molecule has 1 aliphatic heterocycles. The second-order valence-electron chi connectivity index (χ2n) is 10.4. The fourth-order valence-corrected chi connectivity index (χ4v) is 4.62. The molecule has 4 rings (SSSR count). The Labute approximate surface area is 197 Å². The Kier molecular flexibility index (Phi) is 5.98. The molecule has 0 spiro atoms. The number of nitrogens with zero attached hydrogens (tertiary/aromatic N) is 5. The van der Waals surface area contributed by atoms with Crippen molar-refractivity contribution in [2.24, 2.45) is 0 Å². The van der Waals surface area contributed by atoms with Crippen LogP contribution in [0.1, 0.15) is 41.5 Å². The summed E-state index contributed by atoms with van der Waals surface area (Å²) in [6, 6.07) is 6.42. The van der Waals surface area contributed by atoms with E-state index in [0.717, 1.165) is 15.9 Å². The lowest BCUT2D eigenvalue weighted by Crippen LogP contribution is -2.55. The zero-order chi connectivity index (χ0) is 24.0. The first-order chi connectivity index (χ1) is 15.4. The predicted molar refractivity (Wildman–Crippen MR) is 132 cm³/mol. The monoisotopic (exact) mass is 473 g/mol. The van der Waals surface area contributed by atoms with Crippen LogP contribution in [0.5, 0.6) is 0 Å². The van der Waals surface area contributed by atoms with E-state index in [4.69, 9.17) is 10.1 Å². The van der Waals surface area contributed by atoms with Gasteiger partial charge in [-0.05, 0) is 53.7 Å². The summed E-state index contributed by atoms with van der Waals surface area (Å²) in [6.07, 6.45) is 0. The van der Waals surface area contributed by atoms with Gasteiger partial charge in [-0.3, -0.25) is 0 Å². The maximum absolute atomic E-state index is 13.9. The summed E-state index contributed by atoms with van der Waals surface area (Å²) < 4.78 is 15.7. The van der Waals surface area contributed by atoms with E-state index in [-0.39, 0.29) is 22.9 Å². The lowest BCUT2D eigenvalue weighted by Gasteiger charge is -2.36. The highest BCUT2D eigenvalue weighted by atomic mass is 32.1. The third-order valence-corrected chi connectivity index (χ3v) is 6.07. The number of halogens is 1. The summed E-state index contributed by atoms with van der Waals surface area (Å²) in [7, 11) is 0. The minimum Gasteiger partial charge on any atom is -0.364 e. The van der Waals surface area contributed by atoms with Crippen molar-refractivity contribution in [3.63, 3.8) is 0 Å². The number of carbonyl (C=O) groups is 1. The van der Waals surface area contributed by atoms with Crippen LogP contribution in [0.3, 0.4) is 0 Å². The van der Waals surface area contributed by atoms with Crippen molar-refractivity contribution < 1.29 is 9.18 Å². The molecule has 2 amide bonds. The molecule has 33 heavy (non-hydrogen) atoms. The summed E-state index contributed by atoms with van der Waals surface area (Å²) in [5, 5.41) is 12.2. The second-order valence-corrected chi connectivity index (χ2v) is 11.4. The van der Waals surface area contributed by atoms with Crippen molar-refractivity contribution in [3.8, 4) is 11.3 Å². The van der Waals surface area contributed by atoms with Crippen LogP contribution in [0, 0.1) is 5.82 Å². The summed E-state index contributed by atoms with van der Waals surface area (Å²) in [5.41, 5.74) is 0.899. The Morgan fingerprint density at radius 3 is 2.36 bits per heavy atom. The Hall–Kier alpha value is -2.88. The Balaban J connectivity index is 1.58. The number of rotatable bonds is 3. The van der Waals surface area contributed by atoms with Crippen molar-refractivity contribution >= 4 is 33.3 Å². The molecule has 1 saturated heterocycles. The topological polar surface area (TPSA) is 77.8 Å². The zero-order valence-electron chi connectivity index (χ0n) is 20.1. The molecule has 3 aromatic rings. The Morgan fingerprint density at radius 2 is 1.76 bits per heavy atom. The standard InChI is InChI=1S/C23H32FN7OS/c1-22(2,3)26-18-17(15-8-7-9-16(24)14-15)25-20-31(18)28-21(33-20)30-12-10-29(11-13-30)19(32)27-23(4,5)6/h7-9,14,26H,10-13H2,1-6H3,(H,27,32). The highest BCUT2D eigenvalue weighted by molar-refractivity contribution is 7.20. The molecule has 1 aliphatic rings. The Bertz CT molecular complexity index is 1150. The normalized spacial score (nSPS) is 15.2. The van der Waals surface area contributed by atoms with Gasteiger partial charge in [-0.15, -0.1) is 5.10 Å². The van der Waals surface area contributed by atoms with Crippen LogP contribution in [-0.2, 0) is 0 Å². The average Bonchev–Trinajstić information content (AvgIpc) is 3.25. The smallest absolute Gasteiger partial charge is 0.317 e. The van der Waals surface area contributed by atoms with Crippen molar-refractivity contribution in [2.45, 2.75) is 52.6 Å². The van der Waals surface area contributed by atoms with Crippen LogP contribution in [0.4, 0.5) is 20.1 Å². The maximum atomic E-state index is 13.9. The summed E-state index contributed by atoms with van der Waals surface area (Å²) in [6.45, 7) is 14.8. The third-order valence-electron chi connectivity index (χ3n) is 5.10. The number of aromatic nitrogens is 3. The number of anilines is 2. The number of benzene rings is 1. The van der Waals surface area contributed by atoms with Gasteiger partial charge in [0.15, 0.2) is 5.82 Å². The van der Waals surface area contributed by atoms with Gasteiger partial charge in [0.2, 0.25) is 10.1 Å². The van der Waals surface area contributed by atoms with Crippen LogP contribution in [0.2, 0.25) is 0 Å². The van der Waals surface area contributed by atoms with Crippen molar-refractivity contribution in [1.82, 2.24) is 24.8 Å². The number of imidazole rings is 1. The molecule has 0 atom stereocenters. The molecule has 10 heteroatoms. The molecule has 0 bridgehead atoms. The molecule has 3 heterocycles. The number of hydrogen-bond donors (Lipinski definition) is 2. The molecule has 0 saturated carbocycles. The van der Waals surface area contributed by atoms with Gasteiger partial charge >= 0.3 is 6.03 Å². The van der Waals surface area contributed by atoms with Crippen molar-refractivity contribution in [2.75, 3.05) is 36.4 Å². The van der Waals surface area contributed by atoms with Gasteiger partial charge < -0.3 is 20.4 Å². The van der Waals surface area contributed by atoms with E-state index in [0.29, 0.717) is 37.4 Å². The minimum atomic E-state index is -0.299. The zero-order valence-corrected chi connectivity index (χ0v) is 20.9. The van der Waals surface area contributed by atoms with E-state index in [2.05, 4.69) is 36.3 Å². The first kappa shape index (κ1) is 23.3. The SMILES string of the molecule is CC(C)(C)NC(=O)N1CCN(c2nn3c(NC(C)(C)C)c(-c4cccc(F)c4)nc3s2)CC1. The lowest BCUT2D eigenvalue weighted by atomic mass is 10.1. The minimum absolute atomic E-state index is 0.0347. The fourth-order valence-electron chi connectivity index (χ4n) is 3.67. The van der Waals surface area contributed by atoms with Crippen molar-refractivity contribution in [3.05, 3.63) is 30.1 Å². The van der Waals surface area contributed by atoms with Crippen molar-refractivity contribution in [1.29, 1.82) is 0 Å². The van der Waals surface area contributed by atoms with Crippen LogP contribution in [0.15, 0.2) is 24.3 Å². The number of fused-ring (bicyclic) bond motifs is 1. The van der Waals surface area contributed by atoms with Gasteiger partial charge in [0.25, 0.3) is 0 Å². The van der Waals surface area contributed by atoms with Gasteiger partial charge in [0, 0.05) is 42.8 Å². The number of urea groups is 1. The van der Waals surface area contributed by atoms with Gasteiger partial charge in [-0.1, -0.05) is 23.5 Å². The molecule has 178 valence electrons. The van der Waals surface area contributed by atoms with Gasteiger partial charge in [-0.25, -0.2) is 14.2 Å². The second kappa shape index (κ2) is 8.48. The molecule has 0 radical (unpaired) electrons. The predicted octanol–water partition coefficient (Wildman–Crippen LogP) is 4.44. The number of carbonyl (C=O) groups excluding carboxylic acids is 1. The molecule has 0 unspecified atom stereocenters. The van der Waals surface area contributed by atoms with E-state index >= 15 is 0 Å². The van der Waals surface area contributed by atoms with Crippen LogP contribution >= 0.6 is 11.3 Å². The third kappa shape index (κ3) is 5.38. The Morgan fingerprint density at radius 1 is 1.06 bits per heavy atom. The molecule has 1 fully saturated rings. The largest absolute Gasteiger partial charge is 0.364 e. The quantitative estimate of drug-likeness (QED) is 0.588. The van der Waals surface area contributed by atoms with E-state index in [9.17, 15) is 9.18 Å². The molecule has 1 aromatic carbocycles. The van der Waals surface area contributed by atoms with Gasteiger partial charge in [-0.2, -0.15) is 4.52 Å². The summed E-state index contributed by atoms with van der Waals surface area (Å²) in [4.78, 5) is 22.0. The van der Waals surface area contributed by atoms with E-state index in [1.807, 2.05) is 36.3 Å². The van der Waals surface area contributed by atoms with Crippen LogP contribution < -0.4 is 15.5 Å². The molecule has 2 N–H and O–H groups in total. The molecular formula is C23H32FN7OS. The lowest BCUT2D eigenvalue weighted by molar-refractivity contribution is 0.185. The van der Waals surface area contributed by atoms with Gasteiger partial charge in [0.1, 0.15) is 11.5 Å². The summed E-state index contributed by atoms with van der Waals surface area (Å²) >= 11 is 1.50. The highest BCUT2D eigenvalue weighted by Crippen LogP contribution is 2.35. The average molecular weight is 474 g/mol.